The Morgan fingerprint density at radius 2 is 1.62 bits per heavy atom. The molecule has 1 amide bonds. The third-order valence-electron chi connectivity index (χ3n) is 5.42. The van der Waals surface area contributed by atoms with Crippen LogP contribution in [-0.2, 0) is 24.8 Å². The molecule has 0 aromatic heterocycles. The average molecular weight is 512 g/mol. The Bertz CT molecular complexity index is 1240. The van der Waals surface area contributed by atoms with Gasteiger partial charge in [0.05, 0.1) is 26.2 Å². The second-order valence-corrected chi connectivity index (χ2v) is 11.6. The monoisotopic (exact) mass is 511 g/mol. The summed E-state index contributed by atoms with van der Waals surface area (Å²) in [7, 11) is -4.87. The molecule has 34 heavy (non-hydrogen) atoms. The van der Waals surface area contributed by atoms with E-state index in [1.807, 2.05) is 0 Å². The lowest BCUT2D eigenvalue weighted by molar-refractivity contribution is -0.114. The van der Waals surface area contributed by atoms with E-state index in [9.17, 15) is 21.6 Å². The maximum atomic E-state index is 13.2. The number of nitrogens with one attached hydrogen (secondary N) is 1. The minimum absolute atomic E-state index is 0.0561. The number of ether oxygens (including phenoxy) is 2. The first-order valence-electron chi connectivity index (χ1n) is 10.7. The molecule has 1 saturated heterocycles. The molecule has 0 radical (unpaired) electrons. The second kappa shape index (κ2) is 10.6. The molecule has 1 N–H and O–H groups in total. The number of nitrogens with zero attached hydrogens (tertiary/aromatic N) is 2. The summed E-state index contributed by atoms with van der Waals surface area (Å²) < 4.78 is 64.1. The first-order chi connectivity index (χ1) is 16.1. The number of piperidine rings is 1. The van der Waals surface area contributed by atoms with Gasteiger partial charge in [-0.05, 0) is 43.2 Å². The van der Waals surface area contributed by atoms with Crippen LogP contribution in [0, 0.1) is 0 Å². The van der Waals surface area contributed by atoms with E-state index < -0.39 is 32.5 Å². The number of sulfonamides is 2. The number of hydrogen-bond acceptors (Lipinski definition) is 7. The van der Waals surface area contributed by atoms with Crippen molar-refractivity contribution < 1.29 is 31.1 Å². The Morgan fingerprint density at radius 1 is 0.971 bits per heavy atom. The summed E-state index contributed by atoms with van der Waals surface area (Å²) in [5.74, 6) is -0.196. The maximum absolute atomic E-state index is 13.2. The van der Waals surface area contributed by atoms with E-state index in [1.165, 1.54) is 42.8 Å². The molecule has 2 aromatic carbocycles. The molecule has 1 heterocycles. The lowest BCUT2D eigenvalue weighted by Gasteiger charge is -2.27. The van der Waals surface area contributed by atoms with Crippen molar-refractivity contribution in [3.8, 4) is 11.5 Å². The van der Waals surface area contributed by atoms with Gasteiger partial charge in [-0.3, -0.25) is 9.10 Å². The first-order valence-corrected chi connectivity index (χ1v) is 14.0. The van der Waals surface area contributed by atoms with Crippen LogP contribution in [0.5, 0.6) is 11.5 Å². The second-order valence-electron chi connectivity index (χ2n) is 7.82. The number of carbonyl (C=O) groups is 1. The molecular formula is C22H29N3O7S2. The van der Waals surface area contributed by atoms with Crippen LogP contribution in [0.2, 0.25) is 0 Å². The van der Waals surface area contributed by atoms with Crippen LogP contribution in [0.1, 0.15) is 19.3 Å². The zero-order valence-corrected chi connectivity index (χ0v) is 21.0. The largest absolute Gasteiger partial charge is 0.495 e. The normalized spacial score (nSPS) is 14.9. The number of methoxy groups -OCH3 is 2. The van der Waals surface area contributed by atoms with Gasteiger partial charge in [0.2, 0.25) is 26.0 Å². The lowest BCUT2D eigenvalue weighted by Crippen LogP contribution is -2.37. The fraction of sp³-hybridized carbons (Fsp3) is 0.409. The summed E-state index contributed by atoms with van der Waals surface area (Å²) in [5, 5.41) is 2.59. The van der Waals surface area contributed by atoms with Gasteiger partial charge in [-0.15, -0.1) is 0 Å². The fourth-order valence-electron chi connectivity index (χ4n) is 3.75. The van der Waals surface area contributed by atoms with Gasteiger partial charge < -0.3 is 14.8 Å². The molecule has 0 atom stereocenters. The highest BCUT2D eigenvalue weighted by atomic mass is 32.2. The molecule has 0 aliphatic carbocycles. The zero-order chi connectivity index (χ0) is 24.9. The highest BCUT2D eigenvalue weighted by Gasteiger charge is 2.30. The van der Waals surface area contributed by atoms with Crippen molar-refractivity contribution in [2.24, 2.45) is 0 Å². The molecular weight excluding hydrogens is 482 g/mol. The molecule has 2 aromatic rings. The Balaban J connectivity index is 1.87. The van der Waals surface area contributed by atoms with Crippen molar-refractivity contribution in [1.29, 1.82) is 0 Å². The van der Waals surface area contributed by atoms with Crippen LogP contribution < -0.4 is 19.1 Å². The van der Waals surface area contributed by atoms with Gasteiger partial charge in [-0.25, -0.2) is 16.8 Å². The molecule has 0 spiro atoms. The number of carbonyl (C=O) groups excluding carboxylic acids is 1. The molecule has 1 fully saturated rings. The van der Waals surface area contributed by atoms with Gasteiger partial charge in [-0.2, -0.15) is 4.31 Å². The predicted molar refractivity (Wildman–Crippen MR) is 129 cm³/mol. The number of benzene rings is 2. The summed E-state index contributed by atoms with van der Waals surface area (Å²) in [6.07, 6.45) is 3.52. The van der Waals surface area contributed by atoms with Crippen LogP contribution in [-0.4, -0.2) is 67.2 Å². The summed E-state index contributed by atoms with van der Waals surface area (Å²) in [5.41, 5.74) is 0.417. The number of para-hydroxylation sites is 2. The molecule has 12 heteroatoms. The van der Waals surface area contributed by atoms with E-state index >= 15 is 0 Å². The van der Waals surface area contributed by atoms with Crippen molar-refractivity contribution in [3.63, 3.8) is 0 Å². The Labute approximate surface area is 200 Å². The predicted octanol–water partition coefficient (Wildman–Crippen LogP) is 2.28. The molecule has 0 unspecified atom stereocenters. The Hall–Kier alpha value is -2.83. The van der Waals surface area contributed by atoms with E-state index in [-0.39, 0.29) is 22.0 Å². The molecule has 0 saturated carbocycles. The summed E-state index contributed by atoms with van der Waals surface area (Å²) in [4.78, 5) is 12.8. The number of rotatable bonds is 9. The molecule has 3 rings (SSSR count). The van der Waals surface area contributed by atoms with Gasteiger partial charge >= 0.3 is 0 Å². The molecule has 186 valence electrons. The van der Waals surface area contributed by atoms with Crippen molar-refractivity contribution in [1.82, 2.24) is 4.31 Å². The Kier molecular flexibility index (Phi) is 8.05. The molecule has 1 aliphatic rings. The van der Waals surface area contributed by atoms with E-state index in [0.29, 0.717) is 18.8 Å². The number of hydrogen-bond donors (Lipinski definition) is 1. The quantitative estimate of drug-likeness (QED) is 0.548. The van der Waals surface area contributed by atoms with Gasteiger partial charge in [0.25, 0.3) is 0 Å². The summed E-state index contributed by atoms with van der Waals surface area (Å²) in [6, 6.07) is 10.7. The van der Waals surface area contributed by atoms with Crippen LogP contribution in [0.3, 0.4) is 0 Å². The van der Waals surface area contributed by atoms with Crippen LogP contribution in [0.25, 0.3) is 0 Å². The Morgan fingerprint density at radius 3 is 2.24 bits per heavy atom. The topological polar surface area (TPSA) is 122 Å². The van der Waals surface area contributed by atoms with E-state index in [0.717, 1.165) is 29.8 Å². The minimum Gasteiger partial charge on any atom is -0.495 e. The van der Waals surface area contributed by atoms with Crippen molar-refractivity contribution >= 4 is 37.3 Å². The van der Waals surface area contributed by atoms with Gasteiger partial charge in [0.15, 0.2) is 0 Å². The molecule has 0 bridgehead atoms. The van der Waals surface area contributed by atoms with E-state index in [1.54, 1.807) is 18.2 Å². The summed E-state index contributed by atoms with van der Waals surface area (Å²) in [6.45, 7) is 0.314. The average Bonchev–Trinajstić information content (AvgIpc) is 2.82. The smallest absolute Gasteiger partial charge is 0.246 e. The summed E-state index contributed by atoms with van der Waals surface area (Å²) >= 11 is 0. The van der Waals surface area contributed by atoms with Gasteiger partial charge in [0, 0.05) is 18.8 Å². The van der Waals surface area contributed by atoms with Gasteiger partial charge in [0.1, 0.15) is 22.9 Å². The van der Waals surface area contributed by atoms with Crippen molar-refractivity contribution in [2.75, 3.05) is 49.7 Å². The first kappa shape index (κ1) is 25.8. The lowest BCUT2D eigenvalue weighted by atomic mass is 10.2. The van der Waals surface area contributed by atoms with Crippen LogP contribution in [0.4, 0.5) is 11.4 Å². The third-order valence-corrected chi connectivity index (χ3v) is 8.47. The zero-order valence-electron chi connectivity index (χ0n) is 19.4. The SMILES string of the molecule is COc1ccccc1N(CC(=O)Nc1ccc(OC)c(S(=O)(=O)N2CCCCC2)c1)S(C)(=O)=O. The van der Waals surface area contributed by atoms with Crippen LogP contribution in [0.15, 0.2) is 47.4 Å². The molecule has 1 aliphatic heterocycles. The third kappa shape index (κ3) is 5.80. The number of amides is 1. The minimum atomic E-state index is -3.83. The molecule has 10 nitrogen and oxygen atoms in total. The van der Waals surface area contributed by atoms with Crippen molar-refractivity contribution in [2.45, 2.75) is 24.2 Å². The fourth-order valence-corrected chi connectivity index (χ4v) is 6.31. The standard InChI is InChI=1S/C22H29N3O7S2/c1-31-19-10-6-5-9-18(19)25(33(3,27)28)16-22(26)23-17-11-12-20(32-2)21(15-17)34(29,30)24-13-7-4-8-14-24/h5-6,9-12,15H,4,7-8,13-14,16H2,1-3H3,(H,23,26). The van der Waals surface area contributed by atoms with Gasteiger partial charge in [-0.1, -0.05) is 18.6 Å². The highest BCUT2D eigenvalue weighted by Crippen LogP contribution is 2.32. The van der Waals surface area contributed by atoms with E-state index in [4.69, 9.17) is 9.47 Å². The van der Waals surface area contributed by atoms with E-state index in [2.05, 4.69) is 5.32 Å². The van der Waals surface area contributed by atoms with Crippen LogP contribution >= 0.6 is 0 Å². The van der Waals surface area contributed by atoms with Crippen molar-refractivity contribution in [3.05, 3.63) is 42.5 Å². The number of anilines is 2. The maximum Gasteiger partial charge on any atom is 0.246 e. The highest BCUT2D eigenvalue weighted by molar-refractivity contribution is 7.92.